The smallest absolute Gasteiger partial charge is 0.0107 e. The normalized spacial score (nSPS) is 35.6. The molecule has 1 atom stereocenters. The summed E-state index contributed by atoms with van der Waals surface area (Å²) in [7, 11) is 0. The highest BCUT2D eigenvalue weighted by atomic mass is 14.9. The standard InChI is InChI=1S/C15H27N/c1-12(2)13-8-10-15(11-9-13)16-14-6-4-3-5-7-14/h3-4,12-16H,5-11H2,1-2H3. The van der Waals surface area contributed by atoms with Gasteiger partial charge in [-0.25, -0.2) is 0 Å². The highest BCUT2D eigenvalue weighted by molar-refractivity contribution is 4.94. The van der Waals surface area contributed by atoms with Crippen molar-refractivity contribution in [1.29, 1.82) is 0 Å². The molecule has 1 fully saturated rings. The van der Waals surface area contributed by atoms with E-state index in [1.165, 1.54) is 44.9 Å². The van der Waals surface area contributed by atoms with Gasteiger partial charge in [-0.2, -0.15) is 0 Å². The molecule has 92 valence electrons. The zero-order valence-electron chi connectivity index (χ0n) is 10.9. The molecular weight excluding hydrogens is 194 g/mol. The third kappa shape index (κ3) is 3.35. The summed E-state index contributed by atoms with van der Waals surface area (Å²) < 4.78 is 0. The van der Waals surface area contributed by atoms with E-state index in [2.05, 4.69) is 31.3 Å². The van der Waals surface area contributed by atoms with Crippen LogP contribution in [-0.2, 0) is 0 Å². The highest BCUT2D eigenvalue weighted by Gasteiger charge is 2.24. The van der Waals surface area contributed by atoms with Gasteiger partial charge in [-0.05, 0) is 56.8 Å². The molecule has 0 aliphatic heterocycles. The first kappa shape index (κ1) is 12.2. The minimum Gasteiger partial charge on any atom is -0.311 e. The molecule has 1 unspecified atom stereocenters. The molecule has 0 bridgehead atoms. The molecule has 0 aromatic heterocycles. The lowest BCUT2D eigenvalue weighted by Crippen LogP contribution is -2.41. The SMILES string of the molecule is CC(C)C1CCC(NC2CC=CCC2)CC1. The summed E-state index contributed by atoms with van der Waals surface area (Å²) in [4.78, 5) is 0. The van der Waals surface area contributed by atoms with Crippen molar-refractivity contribution >= 4 is 0 Å². The van der Waals surface area contributed by atoms with Crippen LogP contribution in [0.5, 0.6) is 0 Å². The van der Waals surface area contributed by atoms with E-state index in [4.69, 9.17) is 0 Å². The Morgan fingerprint density at radius 3 is 2.25 bits per heavy atom. The number of hydrogen-bond acceptors (Lipinski definition) is 1. The van der Waals surface area contributed by atoms with Gasteiger partial charge in [0.1, 0.15) is 0 Å². The maximum atomic E-state index is 3.87. The molecule has 1 nitrogen and oxygen atoms in total. The van der Waals surface area contributed by atoms with Gasteiger partial charge >= 0.3 is 0 Å². The summed E-state index contributed by atoms with van der Waals surface area (Å²) in [5.41, 5.74) is 0. The van der Waals surface area contributed by atoms with Crippen LogP contribution < -0.4 is 5.32 Å². The Kier molecular flexibility index (Phi) is 4.45. The quantitative estimate of drug-likeness (QED) is 0.713. The minimum atomic E-state index is 0.769. The lowest BCUT2D eigenvalue weighted by molar-refractivity contribution is 0.225. The van der Waals surface area contributed by atoms with Gasteiger partial charge in [0, 0.05) is 12.1 Å². The Bertz CT molecular complexity index is 224. The molecule has 1 saturated carbocycles. The zero-order valence-corrected chi connectivity index (χ0v) is 10.9. The molecule has 0 aromatic rings. The molecule has 0 heterocycles. The maximum absolute atomic E-state index is 3.87. The van der Waals surface area contributed by atoms with E-state index in [-0.39, 0.29) is 0 Å². The fourth-order valence-corrected chi connectivity index (χ4v) is 3.23. The van der Waals surface area contributed by atoms with E-state index < -0.39 is 0 Å². The summed E-state index contributed by atoms with van der Waals surface area (Å²) in [6, 6.07) is 1.58. The van der Waals surface area contributed by atoms with E-state index in [9.17, 15) is 0 Å². The van der Waals surface area contributed by atoms with Gasteiger partial charge in [0.25, 0.3) is 0 Å². The molecular formula is C15H27N. The molecule has 0 amide bonds. The summed E-state index contributed by atoms with van der Waals surface area (Å²) in [5, 5.41) is 3.87. The Hall–Kier alpha value is -0.300. The zero-order chi connectivity index (χ0) is 11.4. The van der Waals surface area contributed by atoms with Crippen molar-refractivity contribution in [3.05, 3.63) is 12.2 Å². The van der Waals surface area contributed by atoms with Crippen LogP contribution in [0.15, 0.2) is 12.2 Å². The van der Waals surface area contributed by atoms with Gasteiger partial charge in [-0.15, -0.1) is 0 Å². The molecule has 1 heteroatoms. The van der Waals surface area contributed by atoms with Crippen LogP contribution in [0.25, 0.3) is 0 Å². The van der Waals surface area contributed by atoms with Gasteiger partial charge in [0.15, 0.2) is 0 Å². The highest BCUT2D eigenvalue weighted by Crippen LogP contribution is 2.30. The van der Waals surface area contributed by atoms with Crippen molar-refractivity contribution in [1.82, 2.24) is 5.32 Å². The van der Waals surface area contributed by atoms with Crippen molar-refractivity contribution < 1.29 is 0 Å². The average molecular weight is 221 g/mol. The molecule has 0 aromatic carbocycles. The van der Waals surface area contributed by atoms with Crippen molar-refractivity contribution in [2.24, 2.45) is 11.8 Å². The van der Waals surface area contributed by atoms with Gasteiger partial charge in [-0.3, -0.25) is 0 Å². The Labute approximate surface area is 101 Å². The van der Waals surface area contributed by atoms with Crippen LogP contribution in [0.4, 0.5) is 0 Å². The third-order valence-electron chi connectivity index (χ3n) is 4.46. The monoisotopic (exact) mass is 221 g/mol. The molecule has 1 N–H and O–H groups in total. The van der Waals surface area contributed by atoms with E-state index >= 15 is 0 Å². The molecule has 2 rings (SSSR count). The van der Waals surface area contributed by atoms with Crippen molar-refractivity contribution in [2.45, 2.75) is 70.9 Å². The van der Waals surface area contributed by atoms with Crippen molar-refractivity contribution in [3.63, 3.8) is 0 Å². The van der Waals surface area contributed by atoms with Crippen LogP contribution >= 0.6 is 0 Å². The first-order valence-electron chi connectivity index (χ1n) is 7.16. The van der Waals surface area contributed by atoms with E-state index in [1.54, 1.807) is 0 Å². The molecule has 0 spiro atoms. The van der Waals surface area contributed by atoms with Crippen LogP contribution in [0.3, 0.4) is 0 Å². The van der Waals surface area contributed by atoms with E-state index in [1.807, 2.05) is 0 Å². The molecule has 2 aliphatic rings. The number of allylic oxidation sites excluding steroid dienone is 1. The Balaban J connectivity index is 1.70. The predicted octanol–water partition coefficient (Wildman–Crippen LogP) is 3.90. The second-order valence-electron chi connectivity index (χ2n) is 6.00. The second kappa shape index (κ2) is 5.86. The maximum Gasteiger partial charge on any atom is 0.0107 e. The first-order valence-corrected chi connectivity index (χ1v) is 7.16. The second-order valence-corrected chi connectivity index (χ2v) is 6.00. The number of nitrogens with one attached hydrogen (secondary N) is 1. The molecule has 2 aliphatic carbocycles. The Morgan fingerprint density at radius 1 is 0.938 bits per heavy atom. The van der Waals surface area contributed by atoms with E-state index in [0.29, 0.717) is 0 Å². The summed E-state index contributed by atoms with van der Waals surface area (Å²) in [6.45, 7) is 4.76. The lowest BCUT2D eigenvalue weighted by Gasteiger charge is -2.34. The van der Waals surface area contributed by atoms with Crippen LogP contribution in [0, 0.1) is 11.8 Å². The molecule has 16 heavy (non-hydrogen) atoms. The van der Waals surface area contributed by atoms with Gasteiger partial charge in [0.2, 0.25) is 0 Å². The van der Waals surface area contributed by atoms with Crippen molar-refractivity contribution in [3.8, 4) is 0 Å². The third-order valence-corrected chi connectivity index (χ3v) is 4.46. The van der Waals surface area contributed by atoms with Gasteiger partial charge in [0.05, 0.1) is 0 Å². The van der Waals surface area contributed by atoms with E-state index in [0.717, 1.165) is 23.9 Å². The van der Waals surface area contributed by atoms with Crippen LogP contribution in [-0.4, -0.2) is 12.1 Å². The summed E-state index contributed by atoms with van der Waals surface area (Å²) >= 11 is 0. The topological polar surface area (TPSA) is 12.0 Å². The minimum absolute atomic E-state index is 0.769. The molecule has 0 radical (unpaired) electrons. The number of hydrogen-bond donors (Lipinski definition) is 1. The van der Waals surface area contributed by atoms with Crippen molar-refractivity contribution in [2.75, 3.05) is 0 Å². The molecule has 0 saturated heterocycles. The number of rotatable bonds is 3. The first-order chi connectivity index (χ1) is 7.75. The predicted molar refractivity (Wildman–Crippen MR) is 70.5 cm³/mol. The fourth-order valence-electron chi connectivity index (χ4n) is 3.23. The summed E-state index contributed by atoms with van der Waals surface area (Å²) in [6.07, 6.45) is 14.3. The van der Waals surface area contributed by atoms with Crippen LogP contribution in [0.2, 0.25) is 0 Å². The van der Waals surface area contributed by atoms with Gasteiger partial charge < -0.3 is 5.32 Å². The Morgan fingerprint density at radius 2 is 1.69 bits per heavy atom. The van der Waals surface area contributed by atoms with Gasteiger partial charge in [-0.1, -0.05) is 26.0 Å². The summed E-state index contributed by atoms with van der Waals surface area (Å²) in [5.74, 6) is 1.88. The fraction of sp³-hybridized carbons (Fsp3) is 0.867. The average Bonchev–Trinajstić information content (AvgIpc) is 2.31. The van der Waals surface area contributed by atoms with Crippen LogP contribution in [0.1, 0.15) is 58.8 Å². The lowest BCUT2D eigenvalue weighted by atomic mass is 9.79. The largest absolute Gasteiger partial charge is 0.311 e.